The van der Waals surface area contributed by atoms with Gasteiger partial charge in [0.05, 0.1) is 32.5 Å². The van der Waals surface area contributed by atoms with Gasteiger partial charge in [0.25, 0.3) is 5.91 Å². The molecule has 1 heterocycles. The summed E-state index contributed by atoms with van der Waals surface area (Å²) in [6.07, 6.45) is 1.59. The van der Waals surface area contributed by atoms with Crippen molar-refractivity contribution in [2.75, 3.05) is 26.6 Å². The van der Waals surface area contributed by atoms with Crippen molar-refractivity contribution in [1.29, 1.82) is 0 Å². The topological polar surface area (TPSA) is 118 Å². The Kier molecular flexibility index (Phi) is 7.06. The number of aromatic nitrogens is 2. The van der Waals surface area contributed by atoms with Crippen molar-refractivity contribution in [3.05, 3.63) is 71.5 Å². The molecule has 0 aliphatic carbocycles. The first-order chi connectivity index (χ1) is 15.4. The van der Waals surface area contributed by atoms with Gasteiger partial charge in [0.1, 0.15) is 11.5 Å². The molecule has 0 spiro atoms. The quantitative estimate of drug-likeness (QED) is 0.533. The summed E-state index contributed by atoms with van der Waals surface area (Å²) in [5, 5.41) is 6.79. The molecule has 3 aromatic rings. The number of carbonyl (C=O) groups is 3. The molecule has 32 heavy (non-hydrogen) atoms. The van der Waals surface area contributed by atoms with Crippen LogP contribution < -0.4 is 14.8 Å². The van der Waals surface area contributed by atoms with E-state index in [1.165, 1.54) is 43.2 Å². The summed E-state index contributed by atoms with van der Waals surface area (Å²) in [4.78, 5) is 36.4. The van der Waals surface area contributed by atoms with E-state index in [9.17, 15) is 14.4 Å². The van der Waals surface area contributed by atoms with Crippen LogP contribution in [0.25, 0.3) is 0 Å². The van der Waals surface area contributed by atoms with Crippen molar-refractivity contribution in [3.63, 3.8) is 0 Å². The molecule has 0 aliphatic heterocycles. The normalized spacial score (nSPS) is 10.2. The molecule has 2 aromatic carbocycles. The average molecular weight is 439 g/mol. The van der Waals surface area contributed by atoms with Crippen LogP contribution in [0.5, 0.6) is 11.5 Å². The molecule has 0 fully saturated rings. The predicted molar refractivity (Wildman–Crippen MR) is 113 cm³/mol. The highest BCUT2D eigenvalue weighted by atomic mass is 16.5. The van der Waals surface area contributed by atoms with E-state index in [0.717, 1.165) is 0 Å². The van der Waals surface area contributed by atoms with Crippen molar-refractivity contribution in [3.8, 4) is 11.5 Å². The Hall–Kier alpha value is -4.34. The lowest BCUT2D eigenvalue weighted by Gasteiger charge is -2.09. The molecule has 3 rings (SSSR count). The van der Waals surface area contributed by atoms with E-state index in [4.69, 9.17) is 9.47 Å². The Morgan fingerprint density at radius 1 is 0.875 bits per heavy atom. The van der Waals surface area contributed by atoms with Gasteiger partial charge in [-0.2, -0.15) is 5.10 Å². The third-order valence-corrected chi connectivity index (χ3v) is 4.33. The average Bonchev–Trinajstić information content (AvgIpc) is 3.31. The van der Waals surface area contributed by atoms with Crippen molar-refractivity contribution in [2.45, 2.75) is 6.73 Å². The Balaban J connectivity index is 1.69. The number of carbonyl (C=O) groups excluding carboxylic acids is 3. The van der Waals surface area contributed by atoms with E-state index in [-0.39, 0.29) is 29.2 Å². The zero-order valence-electron chi connectivity index (χ0n) is 17.7. The number of ether oxygens (including phenoxy) is 4. The van der Waals surface area contributed by atoms with E-state index in [2.05, 4.69) is 19.9 Å². The Morgan fingerprint density at radius 2 is 1.47 bits per heavy atom. The molecule has 166 valence electrons. The highest BCUT2D eigenvalue weighted by Crippen LogP contribution is 2.19. The van der Waals surface area contributed by atoms with Crippen LogP contribution in [-0.2, 0) is 16.2 Å². The van der Waals surface area contributed by atoms with E-state index >= 15 is 0 Å². The number of methoxy groups -OCH3 is 3. The molecule has 10 nitrogen and oxygen atoms in total. The SMILES string of the molecule is COC(=O)c1cc(NC(=O)c2ccn(COc3ccc(OC)cc3)n2)cc(C(=O)OC)c1. The van der Waals surface area contributed by atoms with Gasteiger partial charge in [0, 0.05) is 11.9 Å². The number of amides is 1. The minimum absolute atomic E-state index is 0.0871. The van der Waals surface area contributed by atoms with Crippen molar-refractivity contribution < 1.29 is 33.3 Å². The van der Waals surface area contributed by atoms with Crippen molar-refractivity contribution in [2.24, 2.45) is 0 Å². The summed E-state index contributed by atoms with van der Waals surface area (Å²) in [7, 11) is 4.01. The maximum Gasteiger partial charge on any atom is 0.337 e. The molecule has 0 bridgehead atoms. The van der Waals surface area contributed by atoms with Gasteiger partial charge in [-0.15, -0.1) is 0 Å². The molecule has 0 aliphatic rings. The minimum atomic E-state index is -0.661. The Bertz CT molecular complexity index is 1090. The molecule has 10 heteroatoms. The van der Waals surface area contributed by atoms with Gasteiger partial charge in [-0.25, -0.2) is 14.3 Å². The molecule has 1 N–H and O–H groups in total. The molecule has 1 amide bonds. The highest BCUT2D eigenvalue weighted by Gasteiger charge is 2.16. The Labute approximate surface area is 183 Å². The van der Waals surface area contributed by atoms with Gasteiger partial charge in [-0.3, -0.25) is 4.79 Å². The van der Waals surface area contributed by atoms with Crippen LogP contribution in [-0.4, -0.2) is 49.0 Å². The fraction of sp³-hybridized carbons (Fsp3) is 0.182. The third kappa shape index (κ3) is 5.42. The maximum absolute atomic E-state index is 12.6. The summed E-state index contributed by atoms with van der Waals surface area (Å²) >= 11 is 0. The van der Waals surface area contributed by atoms with E-state index in [0.29, 0.717) is 11.5 Å². The molecular weight excluding hydrogens is 418 g/mol. The summed E-state index contributed by atoms with van der Waals surface area (Å²) in [6.45, 7) is 0.0872. The fourth-order valence-corrected chi connectivity index (χ4v) is 2.73. The third-order valence-electron chi connectivity index (χ3n) is 4.33. The molecule has 0 saturated heterocycles. The van der Waals surface area contributed by atoms with Crippen LogP contribution in [0.4, 0.5) is 5.69 Å². The fourth-order valence-electron chi connectivity index (χ4n) is 2.73. The number of nitrogens with zero attached hydrogens (tertiary/aromatic N) is 2. The number of hydrogen-bond acceptors (Lipinski definition) is 8. The van der Waals surface area contributed by atoms with Gasteiger partial charge in [0.15, 0.2) is 12.4 Å². The summed E-state index contributed by atoms with van der Waals surface area (Å²) in [6, 6.07) is 12.6. The molecule has 1 aromatic heterocycles. The van der Waals surface area contributed by atoms with Gasteiger partial charge in [0.2, 0.25) is 0 Å². The first-order valence-electron chi connectivity index (χ1n) is 9.37. The monoisotopic (exact) mass is 439 g/mol. The van der Waals surface area contributed by atoms with Crippen LogP contribution in [0, 0.1) is 0 Å². The molecule has 0 saturated carbocycles. The number of hydrogen-bond donors (Lipinski definition) is 1. The predicted octanol–water partition coefficient (Wildman–Crippen LogP) is 2.75. The maximum atomic E-state index is 12.6. The second-order valence-electron chi connectivity index (χ2n) is 6.43. The van der Waals surface area contributed by atoms with Gasteiger partial charge in [-0.1, -0.05) is 0 Å². The Morgan fingerprint density at radius 3 is 2.03 bits per heavy atom. The minimum Gasteiger partial charge on any atom is -0.497 e. The summed E-state index contributed by atoms with van der Waals surface area (Å²) < 4.78 is 21.5. The first-order valence-corrected chi connectivity index (χ1v) is 9.37. The lowest BCUT2D eigenvalue weighted by Crippen LogP contribution is -2.16. The highest BCUT2D eigenvalue weighted by molar-refractivity contribution is 6.04. The zero-order valence-corrected chi connectivity index (χ0v) is 17.7. The second kappa shape index (κ2) is 10.1. The standard InChI is InChI=1S/C22H21N3O7/c1-29-17-4-6-18(7-5-17)32-13-25-9-8-19(24-25)20(26)23-16-11-14(21(27)30-2)10-15(12-16)22(28)31-3/h4-12H,13H2,1-3H3,(H,23,26). The van der Waals surface area contributed by atoms with E-state index < -0.39 is 17.8 Å². The second-order valence-corrected chi connectivity index (χ2v) is 6.43. The zero-order chi connectivity index (χ0) is 23.1. The summed E-state index contributed by atoms with van der Waals surface area (Å²) in [5.74, 6) is -0.535. The lowest BCUT2D eigenvalue weighted by molar-refractivity contribution is 0.0599. The number of nitrogens with one attached hydrogen (secondary N) is 1. The molecular formula is C22H21N3O7. The van der Waals surface area contributed by atoms with Crippen molar-refractivity contribution >= 4 is 23.5 Å². The molecule has 0 unspecified atom stereocenters. The van der Waals surface area contributed by atoms with Crippen molar-refractivity contribution in [1.82, 2.24) is 9.78 Å². The number of benzene rings is 2. The van der Waals surface area contributed by atoms with Crippen LogP contribution >= 0.6 is 0 Å². The molecule has 0 radical (unpaired) electrons. The van der Waals surface area contributed by atoms with Crippen LogP contribution in [0.2, 0.25) is 0 Å². The van der Waals surface area contributed by atoms with Gasteiger partial charge in [-0.05, 0) is 48.5 Å². The van der Waals surface area contributed by atoms with E-state index in [1.54, 1.807) is 37.6 Å². The largest absolute Gasteiger partial charge is 0.497 e. The van der Waals surface area contributed by atoms with Crippen LogP contribution in [0.1, 0.15) is 31.2 Å². The number of anilines is 1. The lowest BCUT2D eigenvalue weighted by atomic mass is 10.1. The molecule has 0 atom stereocenters. The number of esters is 2. The number of rotatable bonds is 8. The van der Waals surface area contributed by atoms with Crippen LogP contribution in [0.3, 0.4) is 0 Å². The smallest absolute Gasteiger partial charge is 0.337 e. The first kappa shape index (κ1) is 22.3. The van der Waals surface area contributed by atoms with Gasteiger partial charge >= 0.3 is 11.9 Å². The van der Waals surface area contributed by atoms with Gasteiger partial charge < -0.3 is 24.3 Å². The summed E-state index contributed by atoms with van der Waals surface area (Å²) in [5.41, 5.74) is 0.502. The van der Waals surface area contributed by atoms with E-state index in [1.807, 2.05) is 0 Å². The van der Waals surface area contributed by atoms with Crippen LogP contribution in [0.15, 0.2) is 54.7 Å².